The third-order valence-electron chi connectivity index (χ3n) is 2.13. The van der Waals surface area contributed by atoms with E-state index in [1.807, 2.05) is 0 Å². The van der Waals surface area contributed by atoms with Gasteiger partial charge in [-0.3, -0.25) is 0 Å². The Balaban J connectivity index is 2.79. The van der Waals surface area contributed by atoms with Crippen LogP contribution in [0.2, 0.25) is 0 Å². The molecule has 1 aromatic carbocycles. The Morgan fingerprint density at radius 2 is 2.27 bits per heavy atom. The standard InChI is InChI=1S/C12H16O3/c1-14-11-7-6-10(5-3-4-8-13)9-12(11)15-2/h6-9H,3-5H2,1-2H3/i1D3. The predicted octanol–water partition coefficient (Wildman–Crippen LogP) is 2.23. The summed E-state index contributed by atoms with van der Waals surface area (Å²) in [7, 11) is -1.04. The highest BCUT2D eigenvalue weighted by atomic mass is 16.5. The Morgan fingerprint density at radius 3 is 2.93 bits per heavy atom. The van der Waals surface area contributed by atoms with E-state index >= 15 is 0 Å². The monoisotopic (exact) mass is 211 g/mol. The minimum atomic E-state index is -2.49. The molecule has 0 aliphatic carbocycles. The van der Waals surface area contributed by atoms with E-state index in [-0.39, 0.29) is 5.75 Å². The fourth-order valence-electron chi connectivity index (χ4n) is 1.34. The van der Waals surface area contributed by atoms with Crippen LogP contribution >= 0.6 is 0 Å². The summed E-state index contributed by atoms with van der Waals surface area (Å²) >= 11 is 0. The quantitative estimate of drug-likeness (QED) is 0.534. The second-order valence-electron chi connectivity index (χ2n) is 3.15. The van der Waals surface area contributed by atoms with Gasteiger partial charge in [0.15, 0.2) is 11.5 Å². The van der Waals surface area contributed by atoms with E-state index in [2.05, 4.69) is 0 Å². The molecule has 0 fully saturated rings. The van der Waals surface area contributed by atoms with Crippen molar-refractivity contribution in [3.63, 3.8) is 0 Å². The van der Waals surface area contributed by atoms with Gasteiger partial charge in [-0.25, -0.2) is 0 Å². The normalized spacial score (nSPS) is 13.5. The van der Waals surface area contributed by atoms with Gasteiger partial charge in [0.1, 0.15) is 6.29 Å². The lowest BCUT2D eigenvalue weighted by Crippen LogP contribution is -1.93. The highest BCUT2D eigenvalue weighted by molar-refractivity contribution is 5.49. The van der Waals surface area contributed by atoms with Crippen LogP contribution in [-0.4, -0.2) is 20.4 Å². The molecule has 0 radical (unpaired) electrons. The summed E-state index contributed by atoms with van der Waals surface area (Å²) < 4.78 is 31.1. The number of aldehydes is 1. The second-order valence-corrected chi connectivity index (χ2v) is 3.15. The van der Waals surface area contributed by atoms with Gasteiger partial charge in [0.2, 0.25) is 0 Å². The molecule has 0 bridgehead atoms. The highest BCUT2D eigenvalue weighted by Gasteiger charge is 2.03. The van der Waals surface area contributed by atoms with Crippen molar-refractivity contribution in [3.8, 4) is 11.5 Å². The molecule has 0 amide bonds. The number of aryl methyl sites for hydroxylation is 1. The Bertz CT molecular complexity index is 402. The average Bonchev–Trinajstić information content (AvgIpc) is 2.29. The molecule has 15 heavy (non-hydrogen) atoms. The second kappa shape index (κ2) is 6.06. The van der Waals surface area contributed by atoms with Crippen molar-refractivity contribution in [3.05, 3.63) is 23.8 Å². The minimum absolute atomic E-state index is 0.191. The van der Waals surface area contributed by atoms with E-state index in [1.54, 1.807) is 18.2 Å². The Kier molecular flexibility index (Phi) is 3.13. The SMILES string of the molecule is [2H]C([2H])([2H])Oc1ccc(CCCC=O)cc1OC. The molecule has 0 saturated carbocycles. The number of carbonyl (C=O) groups excluding carboxylic acids is 1. The third-order valence-corrected chi connectivity index (χ3v) is 2.13. The van der Waals surface area contributed by atoms with Gasteiger partial charge in [0.25, 0.3) is 0 Å². The molecule has 0 aliphatic rings. The summed E-state index contributed by atoms with van der Waals surface area (Å²) in [6.45, 7) is 0. The van der Waals surface area contributed by atoms with Crippen LogP contribution in [0.1, 0.15) is 22.5 Å². The predicted molar refractivity (Wildman–Crippen MR) is 58.5 cm³/mol. The van der Waals surface area contributed by atoms with Gasteiger partial charge in [-0.05, 0) is 30.5 Å². The molecule has 0 saturated heterocycles. The molecule has 0 heterocycles. The number of ether oxygens (including phenoxy) is 2. The van der Waals surface area contributed by atoms with Gasteiger partial charge >= 0.3 is 0 Å². The zero-order valence-corrected chi connectivity index (χ0v) is 8.66. The summed E-state index contributed by atoms with van der Waals surface area (Å²) in [6.07, 6.45) is 2.88. The van der Waals surface area contributed by atoms with Crippen LogP contribution in [0.15, 0.2) is 18.2 Å². The van der Waals surface area contributed by atoms with Crippen LogP contribution in [0.4, 0.5) is 0 Å². The molecule has 0 aliphatic heterocycles. The lowest BCUT2D eigenvalue weighted by molar-refractivity contribution is -0.107. The summed E-state index contributed by atoms with van der Waals surface area (Å²) in [5.74, 6) is 0.575. The average molecular weight is 211 g/mol. The van der Waals surface area contributed by atoms with E-state index in [4.69, 9.17) is 13.6 Å². The third kappa shape index (κ3) is 3.27. The molecule has 0 atom stereocenters. The van der Waals surface area contributed by atoms with E-state index in [9.17, 15) is 4.79 Å². The van der Waals surface area contributed by atoms with Crippen molar-refractivity contribution in [1.29, 1.82) is 0 Å². The first-order chi connectivity index (χ1) is 8.46. The van der Waals surface area contributed by atoms with E-state index < -0.39 is 7.04 Å². The van der Waals surface area contributed by atoms with Gasteiger partial charge < -0.3 is 14.3 Å². The number of unbranched alkanes of at least 4 members (excludes halogenated alkanes) is 1. The molecule has 1 rings (SSSR count). The number of hydrogen-bond acceptors (Lipinski definition) is 3. The van der Waals surface area contributed by atoms with Gasteiger partial charge in [-0.1, -0.05) is 6.07 Å². The number of rotatable bonds is 6. The molecule has 0 N–H and O–H groups in total. The molecule has 82 valence electrons. The Morgan fingerprint density at radius 1 is 1.40 bits per heavy atom. The topological polar surface area (TPSA) is 35.5 Å². The largest absolute Gasteiger partial charge is 0.493 e. The van der Waals surface area contributed by atoms with Crippen LogP contribution in [0.25, 0.3) is 0 Å². The molecule has 0 unspecified atom stereocenters. The van der Waals surface area contributed by atoms with Crippen LogP contribution < -0.4 is 9.47 Å². The van der Waals surface area contributed by atoms with Crippen LogP contribution in [0.3, 0.4) is 0 Å². The minimum Gasteiger partial charge on any atom is -0.493 e. The molecular weight excluding hydrogens is 192 g/mol. The van der Waals surface area contributed by atoms with Crippen LogP contribution in [0.5, 0.6) is 11.5 Å². The van der Waals surface area contributed by atoms with Crippen molar-refractivity contribution in [2.75, 3.05) is 14.1 Å². The summed E-state index contributed by atoms with van der Waals surface area (Å²) in [5, 5.41) is 0. The molecule has 0 aromatic heterocycles. The van der Waals surface area contributed by atoms with Gasteiger partial charge in [0.05, 0.1) is 18.3 Å². The lowest BCUT2D eigenvalue weighted by atomic mass is 10.1. The Hall–Kier alpha value is -1.51. The molecule has 3 heteroatoms. The molecular formula is C12H16O3. The van der Waals surface area contributed by atoms with Crippen molar-refractivity contribution in [2.45, 2.75) is 19.3 Å². The zero-order valence-electron chi connectivity index (χ0n) is 11.7. The zero-order chi connectivity index (χ0) is 13.6. The summed E-state index contributed by atoms with van der Waals surface area (Å²) in [4.78, 5) is 10.2. The maximum absolute atomic E-state index is 10.2. The van der Waals surface area contributed by atoms with Gasteiger partial charge in [0, 0.05) is 6.42 Å². The maximum Gasteiger partial charge on any atom is 0.160 e. The van der Waals surface area contributed by atoms with E-state index in [0.29, 0.717) is 12.2 Å². The van der Waals surface area contributed by atoms with E-state index in [1.165, 1.54) is 7.11 Å². The summed E-state index contributed by atoms with van der Waals surface area (Å²) in [5.41, 5.74) is 0.978. The molecule has 1 aromatic rings. The molecule has 0 spiro atoms. The van der Waals surface area contributed by atoms with Crippen LogP contribution in [-0.2, 0) is 11.2 Å². The number of benzene rings is 1. The highest BCUT2D eigenvalue weighted by Crippen LogP contribution is 2.27. The lowest BCUT2D eigenvalue weighted by Gasteiger charge is -2.08. The van der Waals surface area contributed by atoms with Crippen LogP contribution in [0, 0.1) is 0 Å². The maximum atomic E-state index is 10.2. The van der Waals surface area contributed by atoms with Crippen molar-refractivity contribution in [2.24, 2.45) is 0 Å². The number of hydrogen-bond donors (Lipinski definition) is 0. The molecule has 3 nitrogen and oxygen atoms in total. The number of carbonyl (C=O) groups is 1. The Labute approximate surface area is 94.2 Å². The smallest absolute Gasteiger partial charge is 0.160 e. The fourth-order valence-corrected chi connectivity index (χ4v) is 1.34. The summed E-state index contributed by atoms with van der Waals surface area (Å²) in [6, 6.07) is 5.07. The number of methoxy groups -OCH3 is 2. The van der Waals surface area contributed by atoms with Gasteiger partial charge in [-0.2, -0.15) is 0 Å². The van der Waals surface area contributed by atoms with Gasteiger partial charge in [-0.15, -0.1) is 0 Å². The first-order valence-electron chi connectivity index (χ1n) is 6.26. The van der Waals surface area contributed by atoms with E-state index in [0.717, 1.165) is 24.7 Å². The fraction of sp³-hybridized carbons (Fsp3) is 0.417. The van der Waals surface area contributed by atoms with Crippen molar-refractivity contribution >= 4 is 6.29 Å². The first-order valence-corrected chi connectivity index (χ1v) is 4.76. The first kappa shape index (κ1) is 7.74. The van der Waals surface area contributed by atoms with Crippen molar-refractivity contribution in [1.82, 2.24) is 0 Å². The van der Waals surface area contributed by atoms with Crippen molar-refractivity contribution < 1.29 is 18.4 Å².